The van der Waals surface area contributed by atoms with Crippen LogP contribution >= 0.6 is 0 Å². The van der Waals surface area contributed by atoms with Gasteiger partial charge in [-0.2, -0.15) is 13.2 Å². The first kappa shape index (κ1) is 14.8. The number of hydrazine groups is 1. The third-order valence-corrected chi connectivity index (χ3v) is 2.49. The number of alkyl halides is 3. The molecule has 7 heteroatoms. The number of benzene rings is 1. The Morgan fingerprint density at radius 1 is 1.22 bits per heavy atom. The van der Waals surface area contributed by atoms with Crippen LogP contribution in [-0.4, -0.2) is 6.18 Å². The average molecular weight is 268 g/mol. The maximum Gasteiger partial charge on any atom is 0.389 e. The molecule has 0 aromatic heterocycles. The Morgan fingerprint density at radius 2 is 1.89 bits per heavy atom. The third kappa shape index (κ3) is 4.58. The molecule has 0 aliphatic heterocycles. The van der Waals surface area contributed by atoms with E-state index in [1.807, 2.05) is 0 Å². The second kappa shape index (κ2) is 6.10. The first-order valence-corrected chi connectivity index (χ1v) is 5.31. The van der Waals surface area contributed by atoms with Crippen molar-refractivity contribution < 1.29 is 22.0 Å². The van der Waals surface area contributed by atoms with Crippen LogP contribution in [0.15, 0.2) is 18.2 Å². The topological polar surface area (TPSA) is 38.0 Å². The Bertz CT molecular complexity index is 392. The molecule has 1 unspecified atom stereocenters. The molecular weight excluding hydrogens is 255 g/mol. The number of nitrogens with one attached hydrogen (secondary N) is 1. The van der Waals surface area contributed by atoms with Crippen molar-refractivity contribution in [1.29, 1.82) is 0 Å². The lowest BCUT2D eigenvalue weighted by molar-refractivity contribution is -0.135. The molecule has 0 amide bonds. The first-order chi connectivity index (χ1) is 8.33. The number of rotatable bonds is 5. The Hall–Kier alpha value is -1.21. The molecule has 0 saturated carbocycles. The molecule has 102 valence electrons. The molecule has 0 saturated heterocycles. The Kier molecular flexibility index (Phi) is 5.03. The predicted molar refractivity (Wildman–Crippen MR) is 56.3 cm³/mol. The van der Waals surface area contributed by atoms with Crippen molar-refractivity contribution in [3.63, 3.8) is 0 Å². The number of hydrogen-bond donors (Lipinski definition) is 2. The van der Waals surface area contributed by atoms with Crippen LogP contribution in [0.3, 0.4) is 0 Å². The van der Waals surface area contributed by atoms with Gasteiger partial charge in [0.2, 0.25) is 0 Å². The molecule has 1 aromatic carbocycles. The minimum atomic E-state index is -4.25. The highest BCUT2D eigenvalue weighted by atomic mass is 19.4. The summed E-state index contributed by atoms with van der Waals surface area (Å²) in [5, 5.41) is 0. The molecule has 0 aliphatic carbocycles. The number of nitrogens with two attached hydrogens (primary N) is 1. The normalized spacial score (nSPS) is 13.7. The fourth-order valence-electron chi connectivity index (χ4n) is 1.62. The van der Waals surface area contributed by atoms with Gasteiger partial charge in [0.15, 0.2) is 0 Å². The van der Waals surface area contributed by atoms with Crippen molar-refractivity contribution >= 4 is 0 Å². The first-order valence-electron chi connectivity index (χ1n) is 5.31. The fourth-order valence-corrected chi connectivity index (χ4v) is 1.62. The van der Waals surface area contributed by atoms with Gasteiger partial charge in [-0.1, -0.05) is 6.07 Å². The van der Waals surface area contributed by atoms with Gasteiger partial charge >= 0.3 is 6.18 Å². The van der Waals surface area contributed by atoms with E-state index in [2.05, 4.69) is 5.43 Å². The molecule has 0 aliphatic rings. The molecule has 0 heterocycles. The van der Waals surface area contributed by atoms with Crippen LogP contribution in [0.4, 0.5) is 22.0 Å². The summed E-state index contributed by atoms with van der Waals surface area (Å²) in [4.78, 5) is 0. The van der Waals surface area contributed by atoms with E-state index < -0.39 is 30.3 Å². The van der Waals surface area contributed by atoms with Gasteiger partial charge in [-0.05, 0) is 18.9 Å². The lowest BCUT2D eigenvalue weighted by Crippen LogP contribution is -2.29. The summed E-state index contributed by atoms with van der Waals surface area (Å²) in [6, 6.07) is 2.10. The molecule has 0 fully saturated rings. The minimum Gasteiger partial charge on any atom is -0.271 e. The van der Waals surface area contributed by atoms with E-state index in [0.29, 0.717) is 6.07 Å². The van der Waals surface area contributed by atoms with Crippen molar-refractivity contribution in [3.8, 4) is 0 Å². The molecule has 0 bridgehead atoms. The number of halogens is 5. The summed E-state index contributed by atoms with van der Waals surface area (Å²) in [6.45, 7) is 0. The third-order valence-electron chi connectivity index (χ3n) is 2.49. The van der Waals surface area contributed by atoms with E-state index in [9.17, 15) is 22.0 Å². The minimum absolute atomic E-state index is 0.0125. The van der Waals surface area contributed by atoms with Gasteiger partial charge in [-0.25, -0.2) is 8.78 Å². The summed E-state index contributed by atoms with van der Waals surface area (Å²) in [5.41, 5.74) is 2.29. The van der Waals surface area contributed by atoms with Crippen LogP contribution in [0.1, 0.15) is 30.9 Å². The quantitative estimate of drug-likeness (QED) is 0.489. The van der Waals surface area contributed by atoms with Gasteiger partial charge < -0.3 is 0 Å². The maximum atomic E-state index is 13.4. The van der Waals surface area contributed by atoms with Crippen LogP contribution in [-0.2, 0) is 0 Å². The summed E-state index contributed by atoms with van der Waals surface area (Å²) in [6.07, 6.45) is -5.39. The lowest BCUT2D eigenvalue weighted by Gasteiger charge is -2.17. The van der Waals surface area contributed by atoms with Gasteiger partial charge in [0, 0.05) is 24.1 Å². The van der Waals surface area contributed by atoms with Crippen molar-refractivity contribution in [2.45, 2.75) is 31.5 Å². The summed E-state index contributed by atoms with van der Waals surface area (Å²) < 4.78 is 62.0. The molecule has 0 spiro atoms. The monoisotopic (exact) mass is 268 g/mol. The second-order valence-corrected chi connectivity index (χ2v) is 3.89. The van der Waals surface area contributed by atoms with E-state index in [1.165, 1.54) is 6.07 Å². The Balaban J connectivity index is 2.66. The largest absolute Gasteiger partial charge is 0.389 e. The van der Waals surface area contributed by atoms with E-state index in [-0.39, 0.29) is 18.4 Å². The molecule has 0 radical (unpaired) electrons. The van der Waals surface area contributed by atoms with Crippen LogP contribution in [0.5, 0.6) is 0 Å². The zero-order valence-corrected chi connectivity index (χ0v) is 9.40. The van der Waals surface area contributed by atoms with Crippen molar-refractivity contribution in [2.75, 3.05) is 0 Å². The average Bonchev–Trinajstić information content (AvgIpc) is 2.24. The van der Waals surface area contributed by atoms with E-state index >= 15 is 0 Å². The summed E-state index contributed by atoms with van der Waals surface area (Å²) in [5.74, 6) is 3.59. The predicted octanol–water partition coefficient (Wildman–Crippen LogP) is 3.20. The van der Waals surface area contributed by atoms with Crippen LogP contribution in [0.25, 0.3) is 0 Å². The standard InChI is InChI=1S/C11H13F5N2/c12-7-3-4-8(9(13)6-7)10(18-17)2-1-5-11(14,15)16/h3-4,6,10,18H,1-2,5,17H2. The fraction of sp³-hybridized carbons (Fsp3) is 0.455. The van der Waals surface area contributed by atoms with E-state index in [4.69, 9.17) is 5.84 Å². The van der Waals surface area contributed by atoms with E-state index in [0.717, 1.165) is 6.07 Å². The smallest absolute Gasteiger partial charge is 0.271 e. The Labute approximate surface area is 101 Å². The van der Waals surface area contributed by atoms with Gasteiger partial charge in [-0.15, -0.1) is 0 Å². The van der Waals surface area contributed by atoms with Gasteiger partial charge in [0.05, 0.1) is 0 Å². The highest BCUT2D eigenvalue weighted by Crippen LogP contribution is 2.27. The van der Waals surface area contributed by atoms with Crippen LogP contribution in [0.2, 0.25) is 0 Å². The second-order valence-electron chi connectivity index (χ2n) is 3.89. The maximum absolute atomic E-state index is 13.4. The molecule has 18 heavy (non-hydrogen) atoms. The molecule has 1 atom stereocenters. The van der Waals surface area contributed by atoms with Crippen LogP contribution in [0, 0.1) is 11.6 Å². The molecular formula is C11H13F5N2. The van der Waals surface area contributed by atoms with Gasteiger partial charge in [0.25, 0.3) is 0 Å². The molecule has 1 aromatic rings. The highest BCUT2D eigenvalue weighted by molar-refractivity contribution is 5.22. The summed E-state index contributed by atoms with van der Waals surface area (Å²) in [7, 11) is 0. The lowest BCUT2D eigenvalue weighted by atomic mass is 10.0. The highest BCUT2D eigenvalue weighted by Gasteiger charge is 2.27. The Morgan fingerprint density at radius 3 is 2.39 bits per heavy atom. The molecule has 3 N–H and O–H groups in total. The zero-order valence-electron chi connectivity index (χ0n) is 9.40. The number of hydrogen-bond acceptors (Lipinski definition) is 2. The van der Waals surface area contributed by atoms with Crippen molar-refractivity contribution in [1.82, 2.24) is 5.43 Å². The van der Waals surface area contributed by atoms with E-state index in [1.54, 1.807) is 0 Å². The zero-order chi connectivity index (χ0) is 13.8. The SMILES string of the molecule is NNC(CCCC(F)(F)F)c1ccc(F)cc1F. The summed E-state index contributed by atoms with van der Waals surface area (Å²) >= 11 is 0. The molecule has 2 nitrogen and oxygen atoms in total. The van der Waals surface area contributed by atoms with Gasteiger partial charge in [-0.3, -0.25) is 11.3 Å². The molecule has 1 rings (SSSR count). The van der Waals surface area contributed by atoms with Crippen LogP contribution < -0.4 is 11.3 Å². The van der Waals surface area contributed by atoms with Gasteiger partial charge in [0.1, 0.15) is 11.6 Å². The van der Waals surface area contributed by atoms with Crippen molar-refractivity contribution in [3.05, 3.63) is 35.4 Å². The van der Waals surface area contributed by atoms with Crippen molar-refractivity contribution in [2.24, 2.45) is 5.84 Å².